The van der Waals surface area contributed by atoms with E-state index in [0.717, 1.165) is 14.7 Å². The van der Waals surface area contributed by atoms with Crippen molar-refractivity contribution in [2.45, 2.75) is 19.8 Å². The summed E-state index contributed by atoms with van der Waals surface area (Å²) in [6.45, 7) is -0.643. The lowest BCUT2D eigenvalue weighted by molar-refractivity contribution is 0.254. The normalized spacial score (nSPS) is 11.2. The molecule has 5 nitrogen and oxygen atoms in total. The van der Waals surface area contributed by atoms with Crippen molar-refractivity contribution in [1.82, 2.24) is 0 Å². The van der Waals surface area contributed by atoms with Crippen molar-refractivity contribution in [2.24, 2.45) is 0 Å². The third-order valence-electron chi connectivity index (χ3n) is 3.70. The van der Waals surface area contributed by atoms with Crippen LogP contribution < -0.4 is 4.74 Å². The molecule has 0 spiro atoms. The molecule has 0 saturated carbocycles. The van der Waals surface area contributed by atoms with Crippen LogP contribution in [0.1, 0.15) is 27.8 Å². The molecule has 0 radical (unpaired) electrons. The van der Waals surface area contributed by atoms with Gasteiger partial charge in [-0.1, -0.05) is 12.2 Å². The SMILES string of the molecule is COc1cc(/C=C\c2cc(CO)c(O)cc2I)cc(CO)c1CO. The lowest BCUT2D eigenvalue weighted by Gasteiger charge is -2.12. The van der Waals surface area contributed by atoms with Crippen LogP contribution in [0.2, 0.25) is 0 Å². The maximum Gasteiger partial charge on any atom is 0.125 e. The number of phenols is 1. The highest BCUT2D eigenvalue weighted by Gasteiger charge is 2.10. The summed E-state index contributed by atoms with van der Waals surface area (Å²) in [6, 6.07) is 6.88. The Kier molecular flexibility index (Phi) is 6.61. The maximum absolute atomic E-state index is 9.74. The monoisotopic (exact) mass is 442 g/mol. The van der Waals surface area contributed by atoms with Crippen LogP contribution >= 0.6 is 22.6 Å². The first-order chi connectivity index (χ1) is 11.5. The molecule has 0 fully saturated rings. The Balaban J connectivity index is 2.42. The number of aliphatic hydroxyl groups excluding tert-OH is 3. The Morgan fingerprint density at radius 2 is 1.67 bits per heavy atom. The fourth-order valence-electron chi connectivity index (χ4n) is 2.39. The minimum absolute atomic E-state index is 0.0654. The Hall–Kier alpha value is -1.61. The fourth-order valence-corrected chi connectivity index (χ4v) is 3.02. The second-order valence-corrected chi connectivity index (χ2v) is 6.33. The highest BCUT2D eigenvalue weighted by Crippen LogP contribution is 2.28. The number of hydrogen-bond acceptors (Lipinski definition) is 5. The fraction of sp³-hybridized carbons (Fsp3) is 0.222. The third-order valence-corrected chi connectivity index (χ3v) is 4.63. The van der Waals surface area contributed by atoms with Gasteiger partial charge in [0.2, 0.25) is 0 Å². The summed E-state index contributed by atoms with van der Waals surface area (Å²) >= 11 is 2.11. The van der Waals surface area contributed by atoms with Gasteiger partial charge in [-0.15, -0.1) is 0 Å². The highest BCUT2D eigenvalue weighted by molar-refractivity contribution is 14.1. The Morgan fingerprint density at radius 1 is 0.958 bits per heavy atom. The smallest absolute Gasteiger partial charge is 0.125 e. The van der Waals surface area contributed by atoms with E-state index in [9.17, 15) is 20.4 Å². The number of hydrogen-bond donors (Lipinski definition) is 4. The van der Waals surface area contributed by atoms with Gasteiger partial charge < -0.3 is 25.2 Å². The summed E-state index contributed by atoms with van der Waals surface area (Å²) in [4.78, 5) is 0. The van der Waals surface area contributed by atoms with Crippen LogP contribution in [-0.4, -0.2) is 27.5 Å². The molecular weight excluding hydrogens is 423 g/mol. The summed E-state index contributed by atoms with van der Waals surface area (Å²) < 4.78 is 6.12. The van der Waals surface area contributed by atoms with Crippen LogP contribution in [-0.2, 0) is 19.8 Å². The number of halogens is 1. The van der Waals surface area contributed by atoms with E-state index in [-0.39, 0.29) is 25.6 Å². The molecule has 0 saturated heterocycles. The Labute approximate surface area is 154 Å². The van der Waals surface area contributed by atoms with Gasteiger partial charge in [0.15, 0.2) is 0 Å². The summed E-state index contributed by atoms with van der Waals surface area (Å²) in [6.07, 6.45) is 3.70. The maximum atomic E-state index is 9.74. The summed E-state index contributed by atoms with van der Waals surface area (Å²) in [5.74, 6) is 0.579. The molecule has 0 amide bonds. The molecule has 128 valence electrons. The molecule has 6 heteroatoms. The molecule has 0 aliphatic carbocycles. The quantitative estimate of drug-likeness (QED) is 0.408. The van der Waals surface area contributed by atoms with Gasteiger partial charge in [0.1, 0.15) is 11.5 Å². The number of rotatable bonds is 6. The van der Waals surface area contributed by atoms with E-state index in [0.29, 0.717) is 22.4 Å². The first-order valence-corrected chi connectivity index (χ1v) is 8.33. The van der Waals surface area contributed by atoms with Crippen molar-refractivity contribution < 1.29 is 25.2 Å². The van der Waals surface area contributed by atoms with Gasteiger partial charge in [0.25, 0.3) is 0 Å². The molecule has 0 unspecified atom stereocenters. The average Bonchev–Trinajstić information content (AvgIpc) is 2.59. The highest BCUT2D eigenvalue weighted by atomic mass is 127. The number of aliphatic hydroxyl groups is 3. The molecule has 2 rings (SSSR count). The molecule has 2 aromatic rings. The zero-order valence-electron chi connectivity index (χ0n) is 13.2. The summed E-state index contributed by atoms with van der Waals surface area (Å²) in [5.41, 5.74) is 3.29. The van der Waals surface area contributed by atoms with Gasteiger partial charge in [-0.05, 0) is 63.5 Å². The van der Waals surface area contributed by atoms with E-state index in [2.05, 4.69) is 22.6 Å². The van der Waals surface area contributed by atoms with Crippen molar-refractivity contribution in [2.75, 3.05) is 7.11 Å². The van der Waals surface area contributed by atoms with Crippen molar-refractivity contribution in [1.29, 1.82) is 0 Å². The lowest BCUT2D eigenvalue weighted by atomic mass is 10.0. The zero-order valence-corrected chi connectivity index (χ0v) is 15.3. The average molecular weight is 442 g/mol. The molecule has 0 aromatic heterocycles. The van der Waals surface area contributed by atoms with Crippen molar-refractivity contribution in [3.63, 3.8) is 0 Å². The molecular formula is C18H19IO5. The predicted octanol–water partition coefficient (Wildman–Crippen LogP) is 2.65. The molecule has 24 heavy (non-hydrogen) atoms. The first kappa shape index (κ1) is 18.7. The van der Waals surface area contributed by atoms with Crippen LogP contribution in [0.4, 0.5) is 0 Å². The van der Waals surface area contributed by atoms with Gasteiger partial charge in [0.05, 0.1) is 26.9 Å². The lowest BCUT2D eigenvalue weighted by Crippen LogP contribution is -1.99. The number of benzene rings is 2. The third kappa shape index (κ3) is 4.07. The van der Waals surface area contributed by atoms with Gasteiger partial charge in [-0.3, -0.25) is 0 Å². The number of aromatic hydroxyl groups is 1. The molecule has 4 N–H and O–H groups in total. The Bertz CT molecular complexity index is 730. The van der Waals surface area contributed by atoms with Crippen LogP contribution in [0, 0.1) is 3.57 Å². The van der Waals surface area contributed by atoms with Crippen LogP contribution in [0.5, 0.6) is 11.5 Å². The van der Waals surface area contributed by atoms with E-state index in [4.69, 9.17) is 4.74 Å². The molecule has 0 aliphatic rings. The van der Waals surface area contributed by atoms with E-state index in [1.165, 1.54) is 7.11 Å². The second kappa shape index (κ2) is 8.48. The van der Waals surface area contributed by atoms with Crippen LogP contribution in [0.15, 0.2) is 24.3 Å². The van der Waals surface area contributed by atoms with Crippen molar-refractivity contribution in [3.8, 4) is 11.5 Å². The van der Waals surface area contributed by atoms with E-state index < -0.39 is 0 Å². The standard InChI is InChI=1S/C18H19IO5/c1-24-18-5-11(4-13(8-20)15(18)10-22)2-3-12-6-14(9-21)17(23)7-16(12)19/h2-7,20-23H,8-10H2,1H3/b3-2-. The topological polar surface area (TPSA) is 90.2 Å². The van der Waals surface area contributed by atoms with Gasteiger partial charge in [-0.2, -0.15) is 0 Å². The minimum atomic E-state index is -0.239. The first-order valence-electron chi connectivity index (χ1n) is 7.25. The summed E-state index contributed by atoms with van der Waals surface area (Å²) in [5, 5.41) is 37.9. The van der Waals surface area contributed by atoms with Crippen molar-refractivity contribution in [3.05, 3.63) is 55.7 Å². The Morgan fingerprint density at radius 3 is 2.25 bits per heavy atom. The molecule has 2 aromatic carbocycles. The van der Waals surface area contributed by atoms with E-state index >= 15 is 0 Å². The number of ether oxygens (including phenoxy) is 1. The molecule has 0 bridgehead atoms. The van der Waals surface area contributed by atoms with E-state index in [1.807, 2.05) is 12.2 Å². The molecule has 0 aliphatic heterocycles. The number of methoxy groups -OCH3 is 1. The van der Waals surface area contributed by atoms with Crippen molar-refractivity contribution >= 4 is 34.7 Å². The van der Waals surface area contributed by atoms with Crippen LogP contribution in [0.25, 0.3) is 12.2 Å². The zero-order chi connectivity index (χ0) is 17.7. The predicted molar refractivity (Wildman–Crippen MR) is 101 cm³/mol. The van der Waals surface area contributed by atoms with Gasteiger partial charge in [-0.25, -0.2) is 0 Å². The largest absolute Gasteiger partial charge is 0.508 e. The molecule has 0 heterocycles. The van der Waals surface area contributed by atoms with Gasteiger partial charge in [0, 0.05) is 14.7 Å². The summed E-state index contributed by atoms with van der Waals surface area (Å²) in [7, 11) is 1.51. The van der Waals surface area contributed by atoms with Crippen LogP contribution in [0.3, 0.4) is 0 Å². The minimum Gasteiger partial charge on any atom is -0.508 e. The molecule has 0 atom stereocenters. The van der Waals surface area contributed by atoms with Gasteiger partial charge >= 0.3 is 0 Å². The second-order valence-electron chi connectivity index (χ2n) is 5.17. The van der Waals surface area contributed by atoms with E-state index in [1.54, 1.807) is 24.3 Å².